The number of thioether (sulfide) groups is 1. The molecule has 8 heteroatoms. The third-order valence-corrected chi connectivity index (χ3v) is 5.42. The Hall–Kier alpha value is -3.00. The SMILES string of the molecule is Cc1ccc(OCc2nnc(SCC3=NC(=O)C4C=CC=CC4=N3)n2C)cc1. The van der Waals surface area contributed by atoms with Crippen LogP contribution in [0, 0.1) is 12.8 Å². The molecule has 7 nitrogen and oxygen atoms in total. The van der Waals surface area contributed by atoms with E-state index >= 15 is 0 Å². The van der Waals surface area contributed by atoms with Crippen molar-refractivity contribution >= 4 is 29.2 Å². The second-order valence-corrected chi connectivity index (χ2v) is 7.42. The number of fused-ring (bicyclic) bond motifs is 1. The standard InChI is InChI=1S/C20H19N5O2S/c1-13-7-9-14(10-8-13)27-11-18-23-24-20(25(18)2)28-12-17-21-16-6-4-3-5-15(16)19(26)22-17/h3-10,15H,11-12H2,1-2H3. The van der Waals surface area contributed by atoms with Crippen LogP contribution in [0.25, 0.3) is 0 Å². The highest BCUT2D eigenvalue weighted by Crippen LogP contribution is 2.21. The first-order valence-electron chi connectivity index (χ1n) is 8.85. The predicted octanol–water partition coefficient (Wildman–Crippen LogP) is 2.92. The lowest BCUT2D eigenvalue weighted by Crippen LogP contribution is -2.27. The average molecular weight is 393 g/mol. The minimum atomic E-state index is -0.348. The number of amidine groups is 1. The van der Waals surface area contributed by atoms with Gasteiger partial charge in [-0.15, -0.1) is 10.2 Å². The number of allylic oxidation sites excluding steroid dienone is 3. The summed E-state index contributed by atoms with van der Waals surface area (Å²) >= 11 is 1.44. The number of hydrogen-bond acceptors (Lipinski definition) is 6. The van der Waals surface area contributed by atoms with E-state index < -0.39 is 0 Å². The highest BCUT2D eigenvalue weighted by Gasteiger charge is 2.26. The fraction of sp³-hybridized carbons (Fsp3) is 0.250. The Labute approximate surface area is 166 Å². The molecule has 1 aliphatic heterocycles. The highest BCUT2D eigenvalue weighted by atomic mass is 32.2. The van der Waals surface area contributed by atoms with E-state index in [2.05, 4.69) is 20.2 Å². The van der Waals surface area contributed by atoms with Gasteiger partial charge in [-0.3, -0.25) is 4.79 Å². The number of carbonyl (C=O) groups excluding carboxylic acids is 1. The van der Waals surface area contributed by atoms with Crippen molar-refractivity contribution in [1.29, 1.82) is 0 Å². The molecule has 1 unspecified atom stereocenters. The van der Waals surface area contributed by atoms with Crippen LogP contribution >= 0.6 is 11.8 Å². The first-order chi connectivity index (χ1) is 13.6. The maximum atomic E-state index is 12.1. The number of benzene rings is 1. The molecule has 0 spiro atoms. The molecular weight excluding hydrogens is 374 g/mol. The summed E-state index contributed by atoms with van der Waals surface area (Å²) in [5, 5.41) is 9.13. The summed E-state index contributed by atoms with van der Waals surface area (Å²) in [6.07, 6.45) is 7.39. The fourth-order valence-electron chi connectivity index (χ4n) is 2.79. The number of amides is 1. The summed E-state index contributed by atoms with van der Waals surface area (Å²) in [4.78, 5) is 20.7. The number of rotatable bonds is 6. The number of hydrogen-bond donors (Lipinski definition) is 0. The van der Waals surface area contributed by atoms with Gasteiger partial charge < -0.3 is 9.30 Å². The minimum Gasteiger partial charge on any atom is -0.486 e. The Morgan fingerprint density at radius 2 is 1.96 bits per heavy atom. The van der Waals surface area contributed by atoms with E-state index in [-0.39, 0.29) is 11.8 Å². The van der Waals surface area contributed by atoms with Crippen LogP contribution in [0.1, 0.15) is 11.4 Å². The molecule has 1 atom stereocenters. The average Bonchev–Trinajstić information content (AvgIpc) is 3.06. The predicted molar refractivity (Wildman–Crippen MR) is 109 cm³/mol. The molecule has 2 heterocycles. The van der Waals surface area contributed by atoms with Crippen LogP contribution < -0.4 is 4.74 Å². The molecule has 0 bridgehead atoms. The summed E-state index contributed by atoms with van der Waals surface area (Å²) in [5.74, 6) is 1.94. The number of aromatic nitrogens is 3. The van der Waals surface area contributed by atoms with Gasteiger partial charge in [0, 0.05) is 7.05 Å². The van der Waals surface area contributed by atoms with Crippen LogP contribution in [0.4, 0.5) is 0 Å². The van der Waals surface area contributed by atoms with Gasteiger partial charge in [-0.2, -0.15) is 4.99 Å². The number of carbonyl (C=O) groups is 1. The van der Waals surface area contributed by atoms with E-state index in [1.54, 1.807) is 0 Å². The Bertz CT molecular complexity index is 1020. The van der Waals surface area contributed by atoms with Crippen LogP contribution in [-0.4, -0.2) is 38.0 Å². The lowest BCUT2D eigenvalue weighted by molar-refractivity contribution is -0.118. The number of nitrogens with zero attached hydrogens (tertiary/aromatic N) is 5. The lowest BCUT2D eigenvalue weighted by Gasteiger charge is -2.17. The normalized spacial score (nSPS) is 17.9. The molecule has 0 N–H and O–H groups in total. The lowest BCUT2D eigenvalue weighted by atomic mass is 9.97. The molecule has 0 fully saturated rings. The third kappa shape index (κ3) is 3.96. The maximum absolute atomic E-state index is 12.1. The molecule has 4 rings (SSSR count). The molecule has 142 valence electrons. The van der Waals surface area contributed by atoms with Gasteiger partial charge in [-0.1, -0.05) is 47.7 Å². The summed E-state index contributed by atoms with van der Waals surface area (Å²) in [7, 11) is 1.89. The van der Waals surface area contributed by atoms with Crippen molar-refractivity contribution < 1.29 is 9.53 Å². The van der Waals surface area contributed by atoms with Gasteiger partial charge in [0.05, 0.1) is 11.5 Å². The van der Waals surface area contributed by atoms with Crippen molar-refractivity contribution in [2.75, 3.05) is 5.75 Å². The van der Waals surface area contributed by atoms with Crippen molar-refractivity contribution in [2.45, 2.75) is 18.7 Å². The molecule has 1 aromatic heterocycles. The van der Waals surface area contributed by atoms with Gasteiger partial charge in [0.2, 0.25) is 0 Å². The van der Waals surface area contributed by atoms with Crippen LogP contribution in [0.3, 0.4) is 0 Å². The van der Waals surface area contributed by atoms with E-state index in [9.17, 15) is 4.79 Å². The fourth-order valence-corrected chi connectivity index (χ4v) is 3.58. The molecule has 2 aliphatic rings. The van der Waals surface area contributed by atoms with Crippen LogP contribution in [0.5, 0.6) is 5.75 Å². The Kier molecular flexibility index (Phi) is 5.21. The third-order valence-electron chi connectivity index (χ3n) is 4.41. The van der Waals surface area contributed by atoms with Crippen LogP contribution in [0.2, 0.25) is 0 Å². The van der Waals surface area contributed by atoms with Crippen molar-refractivity contribution in [1.82, 2.24) is 14.8 Å². The van der Waals surface area contributed by atoms with Crippen molar-refractivity contribution in [3.63, 3.8) is 0 Å². The summed E-state index contributed by atoms with van der Waals surface area (Å²) in [5.41, 5.74) is 1.92. The monoisotopic (exact) mass is 393 g/mol. The zero-order chi connectivity index (χ0) is 19.5. The quantitative estimate of drug-likeness (QED) is 0.705. The summed E-state index contributed by atoms with van der Waals surface area (Å²) in [6, 6.07) is 7.87. The van der Waals surface area contributed by atoms with Gasteiger partial charge in [0.15, 0.2) is 11.0 Å². The second-order valence-electron chi connectivity index (χ2n) is 6.47. The summed E-state index contributed by atoms with van der Waals surface area (Å²) < 4.78 is 7.65. The molecule has 0 radical (unpaired) electrons. The Morgan fingerprint density at radius 1 is 1.14 bits per heavy atom. The number of aryl methyl sites for hydroxylation is 1. The van der Waals surface area contributed by atoms with Gasteiger partial charge in [-0.25, -0.2) is 4.99 Å². The highest BCUT2D eigenvalue weighted by molar-refractivity contribution is 7.99. The summed E-state index contributed by atoms with van der Waals surface area (Å²) in [6.45, 7) is 2.36. The first kappa shape index (κ1) is 18.4. The second kappa shape index (κ2) is 7.93. The van der Waals surface area contributed by atoms with E-state index in [1.807, 2.05) is 67.1 Å². The van der Waals surface area contributed by atoms with Crippen molar-refractivity contribution in [3.8, 4) is 5.75 Å². The van der Waals surface area contributed by atoms with E-state index in [4.69, 9.17) is 4.74 Å². The van der Waals surface area contributed by atoms with E-state index in [0.29, 0.717) is 18.2 Å². The maximum Gasteiger partial charge on any atom is 0.260 e. The van der Waals surface area contributed by atoms with Gasteiger partial charge in [0.1, 0.15) is 24.1 Å². The zero-order valence-electron chi connectivity index (χ0n) is 15.6. The molecule has 0 saturated heterocycles. The molecule has 1 amide bonds. The Balaban J connectivity index is 1.38. The van der Waals surface area contributed by atoms with Crippen LogP contribution in [-0.2, 0) is 18.4 Å². The van der Waals surface area contributed by atoms with Gasteiger partial charge in [-0.05, 0) is 25.1 Å². The molecule has 1 aliphatic carbocycles. The molecule has 0 saturated carbocycles. The number of aliphatic imine (C=N–C) groups is 2. The number of ether oxygens (including phenoxy) is 1. The molecule has 28 heavy (non-hydrogen) atoms. The smallest absolute Gasteiger partial charge is 0.260 e. The van der Waals surface area contributed by atoms with Crippen LogP contribution in [0.15, 0.2) is 63.7 Å². The van der Waals surface area contributed by atoms with Gasteiger partial charge in [0.25, 0.3) is 5.91 Å². The molecular formula is C20H19N5O2S. The molecule has 2 aromatic rings. The van der Waals surface area contributed by atoms with Crippen molar-refractivity contribution in [3.05, 3.63) is 60.0 Å². The zero-order valence-corrected chi connectivity index (χ0v) is 16.4. The minimum absolute atomic E-state index is 0.175. The van der Waals surface area contributed by atoms with E-state index in [0.717, 1.165) is 22.4 Å². The first-order valence-corrected chi connectivity index (χ1v) is 9.84. The van der Waals surface area contributed by atoms with E-state index in [1.165, 1.54) is 17.3 Å². The van der Waals surface area contributed by atoms with Crippen molar-refractivity contribution in [2.24, 2.45) is 23.0 Å². The topological polar surface area (TPSA) is 81.7 Å². The molecule has 1 aromatic carbocycles. The largest absolute Gasteiger partial charge is 0.486 e. The Morgan fingerprint density at radius 3 is 2.79 bits per heavy atom. The van der Waals surface area contributed by atoms with Gasteiger partial charge >= 0.3 is 0 Å².